The molecular weight excluding hydrogens is 252 g/mol. The summed E-state index contributed by atoms with van der Waals surface area (Å²) in [6, 6.07) is 0.495. The standard InChI is InChI=1S/C16H36N2O2/c1-7-17-15(4)16(5,6)14-18(10-12-19-8-2)11-13-20-9-3/h15,17H,7-14H2,1-6H3. The summed E-state index contributed by atoms with van der Waals surface area (Å²) < 4.78 is 11.0. The molecule has 0 saturated carbocycles. The maximum atomic E-state index is 5.49. The van der Waals surface area contributed by atoms with E-state index in [9.17, 15) is 0 Å². The molecule has 0 amide bonds. The van der Waals surface area contributed by atoms with Gasteiger partial charge in [0, 0.05) is 38.9 Å². The lowest BCUT2D eigenvalue weighted by molar-refractivity contribution is 0.0582. The van der Waals surface area contributed by atoms with Crippen LogP contribution in [0, 0.1) is 5.41 Å². The van der Waals surface area contributed by atoms with E-state index in [0.717, 1.165) is 52.6 Å². The Morgan fingerprint density at radius 1 is 1.00 bits per heavy atom. The van der Waals surface area contributed by atoms with E-state index in [1.54, 1.807) is 0 Å². The largest absolute Gasteiger partial charge is 0.380 e. The molecule has 0 aromatic heterocycles. The average molecular weight is 288 g/mol. The van der Waals surface area contributed by atoms with Gasteiger partial charge in [0.05, 0.1) is 13.2 Å². The van der Waals surface area contributed by atoms with Crippen molar-refractivity contribution in [3.63, 3.8) is 0 Å². The van der Waals surface area contributed by atoms with Crippen molar-refractivity contribution < 1.29 is 9.47 Å². The molecule has 0 aliphatic carbocycles. The lowest BCUT2D eigenvalue weighted by Crippen LogP contribution is -2.48. The van der Waals surface area contributed by atoms with Crippen LogP contribution in [0.3, 0.4) is 0 Å². The Bertz CT molecular complexity index is 213. The zero-order chi connectivity index (χ0) is 15.4. The lowest BCUT2D eigenvalue weighted by Gasteiger charge is -2.37. The molecule has 4 nitrogen and oxygen atoms in total. The minimum Gasteiger partial charge on any atom is -0.380 e. The van der Waals surface area contributed by atoms with Gasteiger partial charge in [0.15, 0.2) is 0 Å². The van der Waals surface area contributed by atoms with Crippen LogP contribution in [0.2, 0.25) is 0 Å². The van der Waals surface area contributed by atoms with Crippen LogP contribution in [0.4, 0.5) is 0 Å². The zero-order valence-electron chi connectivity index (χ0n) is 14.5. The van der Waals surface area contributed by atoms with Crippen molar-refractivity contribution >= 4 is 0 Å². The molecule has 1 N–H and O–H groups in total. The minimum absolute atomic E-state index is 0.231. The van der Waals surface area contributed by atoms with Gasteiger partial charge in [0.1, 0.15) is 0 Å². The van der Waals surface area contributed by atoms with Crippen molar-refractivity contribution in [3.05, 3.63) is 0 Å². The Hall–Kier alpha value is -0.160. The second-order valence-corrected chi connectivity index (χ2v) is 5.94. The predicted molar refractivity (Wildman–Crippen MR) is 86.3 cm³/mol. The Kier molecular flexibility index (Phi) is 11.4. The summed E-state index contributed by atoms with van der Waals surface area (Å²) in [6.45, 7) is 20.4. The predicted octanol–water partition coefficient (Wildman–Crippen LogP) is 2.39. The minimum atomic E-state index is 0.231. The van der Waals surface area contributed by atoms with Crippen molar-refractivity contribution in [1.29, 1.82) is 0 Å². The van der Waals surface area contributed by atoms with Crippen LogP contribution in [0.1, 0.15) is 41.5 Å². The molecule has 0 spiro atoms. The summed E-state index contributed by atoms with van der Waals surface area (Å²) in [5.41, 5.74) is 0.231. The molecule has 122 valence electrons. The van der Waals surface area contributed by atoms with Crippen molar-refractivity contribution in [2.75, 3.05) is 52.6 Å². The third-order valence-electron chi connectivity index (χ3n) is 3.83. The summed E-state index contributed by atoms with van der Waals surface area (Å²) in [6.07, 6.45) is 0. The number of nitrogens with one attached hydrogen (secondary N) is 1. The molecule has 0 bridgehead atoms. The van der Waals surface area contributed by atoms with Gasteiger partial charge in [-0.3, -0.25) is 4.90 Å². The molecule has 0 aromatic rings. The van der Waals surface area contributed by atoms with E-state index in [2.05, 4.69) is 37.9 Å². The number of hydrogen-bond acceptors (Lipinski definition) is 4. The van der Waals surface area contributed by atoms with Gasteiger partial charge in [0.25, 0.3) is 0 Å². The number of ether oxygens (including phenoxy) is 2. The Balaban J connectivity index is 4.34. The van der Waals surface area contributed by atoms with Crippen LogP contribution in [0.15, 0.2) is 0 Å². The van der Waals surface area contributed by atoms with E-state index in [1.165, 1.54) is 0 Å². The van der Waals surface area contributed by atoms with Crippen LogP contribution < -0.4 is 5.32 Å². The highest BCUT2D eigenvalue weighted by Gasteiger charge is 2.27. The quantitative estimate of drug-likeness (QED) is 0.528. The summed E-state index contributed by atoms with van der Waals surface area (Å²) >= 11 is 0. The highest BCUT2D eigenvalue weighted by Crippen LogP contribution is 2.22. The Morgan fingerprint density at radius 3 is 1.90 bits per heavy atom. The maximum Gasteiger partial charge on any atom is 0.0593 e. The van der Waals surface area contributed by atoms with Crippen molar-refractivity contribution in [3.8, 4) is 0 Å². The molecule has 1 atom stereocenters. The van der Waals surface area contributed by atoms with Gasteiger partial charge in [-0.2, -0.15) is 0 Å². The monoisotopic (exact) mass is 288 g/mol. The molecule has 1 unspecified atom stereocenters. The summed E-state index contributed by atoms with van der Waals surface area (Å²) in [4.78, 5) is 2.46. The van der Waals surface area contributed by atoms with E-state index in [1.807, 2.05) is 13.8 Å². The average Bonchev–Trinajstić information content (AvgIpc) is 2.39. The van der Waals surface area contributed by atoms with Crippen LogP contribution >= 0.6 is 0 Å². The van der Waals surface area contributed by atoms with E-state index < -0.39 is 0 Å². The molecule has 0 radical (unpaired) electrons. The molecule has 0 saturated heterocycles. The van der Waals surface area contributed by atoms with E-state index >= 15 is 0 Å². The molecule has 0 aliphatic heterocycles. The van der Waals surface area contributed by atoms with Crippen molar-refractivity contribution in [2.45, 2.75) is 47.6 Å². The molecule has 0 rings (SSSR count). The highest BCUT2D eigenvalue weighted by atomic mass is 16.5. The second-order valence-electron chi connectivity index (χ2n) is 5.94. The normalized spacial score (nSPS) is 13.9. The number of hydrogen-bond donors (Lipinski definition) is 1. The molecule has 0 aliphatic rings. The van der Waals surface area contributed by atoms with Crippen LogP contribution in [0.5, 0.6) is 0 Å². The summed E-state index contributed by atoms with van der Waals surface area (Å²) in [5, 5.41) is 3.54. The zero-order valence-corrected chi connectivity index (χ0v) is 14.5. The van der Waals surface area contributed by atoms with E-state index in [-0.39, 0.29) is 5.41 Å². The smallest absolute Gasteiger partial charge is 0.0593 e. The van der Waals surface area contributed by atoms with Crippen LogP contribution in [0.25, 0.3) is 0 Å². The SMILES string of the molecule is CCNC(C)C(C)(C)CN(CCOCC)CCOCC. The molecule has 0 aromatic carbocycles. The van der Waals surface area contributed by atoms with Gasteiger partial charge in [-0.05, 0) is 32.7 Å². The summed E-state index contributed by atoms with van der Waals surface area (Å²) in [5.74, 6) is 0. The van der Waals surface area contributed by atoms with Gasteiger partial charge in [-0.1, -0.05) is 20.8 Å². The van der Waals surface area contributed by atoms with E-state index in [4.69, 9.17) is 9.47 Å². The highest BCUT2D eigenvalue weighted by molar-refractivity contribution is 4.83. The van der Waals surface area contributed by atoms with Gasteiger partial charge >= 0.3 is 0 Å². The fraction of sp³-hybridized carbons (Fsp3) is 1.00. The second kappa shape index (κ2) is 11.5. The fourth-order valence-electron chi connectivity index (χ4n) is 2.24. The van der Waals surface area contributed by atoms with Gasteiger partial charge in [-0.15, -0.1) is 0 Å². The van der Waals surface area contributed by atoms with Crippen LogP contribution in [-0.4, -0.2) is 63.5 Å². The first-order chi connectivity index (χ1) is 9.47. The molecule has 0 heterocycles. The first-order valence-electron chi connectivity index (χ1n) is 8.09. The first kappa shape index (κ1) is 19.8. The third kappa shape index (κ3) is 8.90. The molecule has 4 heteroatoms. The Morgan fingerprint density at radius 2 is 1.50 bits per heavy atom. The summed E-state index contributed by atoms with van der Waals surface area (Å²) in [7, 11) is 0. The van der Waals surface area contributed by atoms with Crippen molar-refractivity contribution in [1.82, 2.24) is 10.2 Å². The Labute approximate surface area is 126 Å². The van der Waals surface area contributed by atoms with Gasteiger partial charge in [-0.25, -0.2) is 0 Å². The van der Waals surface area contributed by atoms with E-state index in [0.29, 0.717) is 6.04 Å². The topological polar surface area (TPSA) is 33.7 Å². The molecular formula is C16H36N2O2. The van der Waals surface area contributed by atoms with Gasteiger partial charge < -0.3 is 14.8 Å². The number of nitrogens with zero attached hydrogens (tertiary/aromatic N) is 1. The third-order valence-corrected chi connectivity index (χ3v) is 3.83. The molecule has 20 heavy (non-hydrogen) atoms. The first-order valence-corrected chi connectivity index (χ1v) is 8.09. The molecule has 0 fully saturated rings. The van der Waals surface area contributed by atoms with Crippen molar-refractivity contribution in [2.24, 2.45) is 5.41 Å². The van der Waals surface area contributed by atoms with Crippen LogP contribution in [-0.2, 0) is 9.47 Å². The number of rotatable bonds is 13. The lowest BCUT2D eigenvalue weighted by atomic mass is 9.84. The fourth-order valence-corrected chi connectivity index (χ4v) is 2.24. The maximum absolute atomic E-state index is 5.49. The van der Waals surface area contributed by atoms with Gasteiger partial charge in [0.2, 0.25) is 0 Å².